The van der Waals surface area contributed by atoms with Gasteiger partial charge in [-0.25, -0.2) is 4.39 Å². The van der Waals surface area contributed by atoms with Crippen LogP contribution in [0.25, 0.3) is 22.0 Å². The third-order valence-corrected chi connectivity index (χ3v) is 6.19. The lowest BCUT2D eigenvalue weighted by atomic mass is 10.0. The average molecular weight is 486 g/mol. The number of hydrogen-bond donors (Lipinski definition) is 2. The van der Waals surface area contributed by atoms with E-state index in [1.807, 2.05) is 36.5 Å². The van der Waals surface area contributed by atoms with Gasteiger partial charge in [-0.3, -0.25) is 4.79 Å². The molecule has 0 unspecified atom stereocenters. The molecule has 2 N–H and O–H groups in total. The van der Waals surface area contributed by atoms with E-state index in [-0.39, 0.29) is 18.3 Å². The summed E-state index contributed by atoms with van der Waals surface area (Å²) in [7, 11) is 1.41. The van der Waals surface area contributed by atoms with E-state index in [1.165, 1.54) is 13.2 Å². The lowest BCUT2D eigenvalue weighted by molar-refractivity contribution is 0.0916. The van der Waals surface area contributed by atoms with Gasteiger partial charge in [0.05, 0.1) is 25.8 Å². The number of aliphatic hydroxyl groups is 1. The molecule has 6 nitrogen and oxygen atoms in total. The second kappa shape index (κ2) is 11.5. The highest BCUT2D eigenvalue weighted by Gasteiger charge is 2.18. The van der Waals surface area contributed by atoms with Crippen LogP contribution in [-0.4, -0.2) is 35.3 Å². The minimum atomic E-state index is -0.488. The molecule has 4 aromatic rings. The number of nitrogens with zero attached hydrogens (tertiary/aromatic N) is 2. The zero-order chi connectivity index (χ0) is 25.5. The SMILES string of the molecule is COc1ccc(-c2cccc(C(=O)N[C@@H](CO)Cc3cn(CCCC#N)c4ccccc34)c2)cc1F. The minimum Gasteiger partial charge on any atom is -0.494 e. The van der Waals surface area contributed by atoms with Crippen LogP contribution in [0.3, 0.4) is 0 Å². The van der Waals surface area contributed by atoms with Gasteiger partial charge in [0, 0.05) is 35.6 Å². The summed E-state index contributed by atoms with van der Waals surface area (Å²) in [6.07, 6.45) is 3.73. The molecule has 0 spiro atoms. The van der Waals surface area contributed by atoms with Crippen LogP contribution in [0.2, 0.25) is 0 Å². The predicted molar refractivity (Wildman–Crippen MR) is 137 cm³/mol. The van der Waals surface area contributed by atoms with E-state index in [2.05, 4.69) is 16.0 Å². The second-order valence-electron chi connectivity index (χ2n) is 8.61. The molecule has 0 saturated heterocycles. The van der Waals surface area contributed by atoms with Crippen molar-refractivity contribution >= 4 is 16.8 Å². The molecule has 3 aromatic carbocycles. The van der Waals surface area contributed by atoms with Crippen molar-refractivity contribution in [1.82, 2.24) is 9.88 Å². The Kier molecular flexibility index (Phi) is 7.99. The van der Waals surface area contributed by atoms with Crippen molar-refractivity contribution in [2.24, 2.45) is 0 Å². The van der Waals surface area contributed by atoms with Gasteiger partial charge in [-0.1, -0.05) is 36.4 Å². The highest BCUT2D eigenvalue weighted by molar-refractivity contribution is 5.95. The standard InChI is InChI=1S/C29H28FN3O3/c1-36-28-12-11-21(17-26(28)30)20-7-6-8-22(15-20)29(35)32-24(19-34)16-23-18-33(14-5-4-13-31)27-10-3-2-9-25(23)27/h2-3,6-12,15,17-18,24,34H,4-5,14,16,19H2,1H3,(H,32,35)/t24-/m1/s1. The van der Waals surface area contributed by atoms with Crippen LogP contribution in [0.15, 0.2) is 72.9 Å². The molecule has 0 bridgehead atoms. The Morgan fingerprint density at radius 1 is 1.14 bits per heavy atom. The molecule has 1 aromatic heterocycles. The number of nitriles is 1. The summed E-state index contributed by atoms with van der Waals surface area (Å²) in [6, 6.07) is 21.3. The van der Waals surface area contributed by atoms with Crippen molar-refractivity contribution in [3.05, 3.63) is 89.9 Å². The van der Waals surface area contributed by atoms with Gasteiger partial charge in [-0.15, -0.1) is 0 Å². The Bertz CT molecular complexity index is 1410. The van der Waals surface area contributed by atoms with Gasteiger partial charge >= 0.3 is 0 Å². The summed E-state index contributed by atoms with van der Waals surface area (Å²) in [5.74, 6) is -0.635. The van der Waals surface area contributed by atoms with Gasteiger partial charge in [0.15, 0.2) is 11.6 Å². The van der Waals surface area contributed by atoms with E-state index >= 15 is 0 Å². The van der Waals surface area contributed by atoms with Gasteiger partial charge in [-0.05, 0) is 59.9 Å². The van der Waals surface area contributed by atoms with Crippen LogP contribution in [0.4, 0.5) is 4.39 Å². The largest absolute Gasteiger partial charge is 0.494 e. The molecule has 0 saturated carbocycles. The highest BCUT2D eigenvalue weighted by atomic mass is 19.1. The van der Waals surface area contributed by atoms with Crippen LogP contribution in [0.1, 0.15) is 28.8 Å². The van der Waals surface area contributed by atoms with E-state index in [4.69, 9.17) is 10.00 Å². The van der Waals surface area contributed by atoms with E-state index in [1.54, 1.807) is 30.3 Å². The van der Waals surface area contributed by atoms with E-state index < -0.39 is 11.9 Å². The number of amides is 1. The molecule has 1 atom stereocenters. The predicted octanol–water partition coefficient (Wildman–Crippen LogP) is 5.09. The number of ether oxygens (including phenoxy) is 1. The Morgan fingerprint density at radius 2 is 1.94 bits per heavy atom. The second-order valence-corrected chi connectivity index (χ2v) is 8.61. The number of aliphatic hydroxyl groups excluding tert-OH is 1. The fourth-order valence-electron chi connectivity index (χ4n) is 4.38. The molecule has 184 valence electrons. The summed E-state index contributed by atoms with van der Waals surface area (Å²) in [4.78, 5) is 13.0. The molecule has 0 fully saturated rings. The Morgan fingerprint density at radius 3 is 2.69 bits per heavy atom. The van der Waals surface area contributed by atoms with Crippen LogP contribution in [0, 0.1) is 17.1 Å². The summed E-state index contributed by atoms with van der Waals surface area (Å²) < 4.78 is 21.3. The number of halogens is 1. The third kappa shape index (κ3) is 5.56. The molecule has 0 radical (unpaired) electrons. The van der Waals surface area contributed by atoms with E-state index in [9.17, 15) is 14.3 Å². The summed E-state index contributed by atoms with van der Waals surface area (Å²) in [5, 5.41) is 22.9. The molecule has 36 heavy (non-hydrogen) atoms. The van der Waals surface area contributed by atoms with Crippen LogP contribution in [0.5, 0.6) is 5.75 Å². The van der Waals surface area contributed by atoms with Crippen molar-refractivity contribution in [3.63, 3.8) is 0 Å². The van der Waals surface area contributed by atoms with E-state index in [0.717, 1.165) is 29.4 Å². The molecule has 0 aliphatic rings. The number of nitrogens with one attached hydrogen (secondary N) is 1. The molecule has 0 aliphatic heterocycles. The molecule has 0 aliphatic carbocycles. The number of carbonyl (C=O) groups is 1. The maximum absolute atomic E-state index is 14.2. The monoisotopic (exact) mass is 485 g/mol. The number of rotatable bonds is 10. The molecule has 1 heterocycles. The van der Waals surface area contributed by atoms with Gasteiger partial charge in [0.2, 0.25) is 0 Å². The van der Waals surface area contributed by atoms with Crippen LogP contribution >= 0.6 is 0 Å². The van der Waals surface area contributed by atoms with Crippen molar-refractivity contribution < 1.29 is 19.0 Å². The molecular weight excluding hydrogens is 457 g/mol. The Balaban J connectivity index is 1.51. The summed E-state index contributed by atoms with van der Waals surface area (Å²) in [6.45, 7) is 0.506. The number of methoxy groups -OCH3 is 1. The number of carbonyl (C=O) groups excluding carboxylic acids is 1. The molecular formula is C29H28FN3O3. The summed E-state index contributed by atoms with van der Waals surface area (Å²) in [5.41, 5.74) is 3.83. The van der Waals surface area contributed by atoms with Crippen LogP contribution in [-0.2, 0) is 13.0 Å². The van der Waals surface area contributed by atoms with Gasteiger partial charge in [0.1, 0.15) is 0 Å². The number of aromatic nitrogens is 1. The zero-order valence-corrected chi connectivity index (χ0v) is 20.1. The topological polar surface area (TPSA) is 87.3 Å². The lowest BCUT2D eigenvalue weighted by Gasteiger charge is -2.16. The first-order valence-corrected chi connectivity index (χ1v) is 11.8. The van der Waals surface area contributed by atoms with Crippen molar-refractivity contribution in [1.29, 1.82) is 5.26 Å². The normalized spacial score (nSPS) is 11.7. The Hall–Kier alpha value is -4.15. The number of fused-ring (bicyclic) bond motifs is 1. The highest BCUT2D eigenvalue weighted by Crippen LogP contribution is 2.27. The van der Waals surface area contributed by atoms with Crippen molar-refractivity contribution in [3.8, 4) is 22.9 Å². The lowest BCUT2D eigenvalue weighted by Crippen LogP contribution is -2.39. The maximum Gasteiger partial charge on any atom is 0.251 e. The zero-order valence-electron chi connectivity index (χ0n) is 20.1. The quantitative estimate of drug-likeness (QED) is 0.306. The van der Waals surface area contributed by atoms with Gasteiger partial charge in [0.25, 0.3) is 5.91 Å². The summed E-state index contributed by atoms with van der Waals surface area (Å²) >= 11 is 0. The first-order chi connectivity index (χ1) is 17.5. The van der Waals surface area contributed by atoms with E-state index in [0.29, 0.717) is 29.5 Å². The first-order valence-electron chi connectivity index (χ1n) is 11.8. The molecule has 4 rings (SSSR count). The molecule has 7 heteroatoms. The number of unbranched alkanes of at least 4 members (excludes halogenated alkanes) is 1. The maximum atomic E-state index is 14.2. The number of aryl methyl sites for hydroxylation is 1. The van der Waals surface area contributed by atoms with Crippen molar-refractivity contribution in [2.45, 2.75) is 31.8 Å². The van der Waals surface area contributed by atoms with Gasteiger partial charge < -0.3 is 19.7 Å². The fraction of sp³-hybridized carbons (Fsp3) is 0.241. The molecule has 1 amide bonds. The van der Waals surface area contributed by atoms with Crippen molar-refractivity contribution in [2.75, 3.05) is 13.7 Å². The van der Waals surface area contributed by atoms with Gasteiger partial charge in [-0.2, -0.15) is 5.26 Å². The third-order valence-electron chi connectivity index (χ3n) is 6.19. The number of para-hydroxylation sites is 1. The fourth-order valence-corrected chi connectivity index (χ4v) is 4.38. The average Bonchev–Trinajstić information content (AvgIpc) is 3.25. The first kappa shape index (κ1) is 25.0. The Labute approximate surface area is 209 Å². The van der Waals surface area contributed by atoms with Crippen LogP contribution < -0.4 is 10.1 Å². The number of benzene rings is 3. The minimum absolute atomic E-state index is 0.157. The smallest absolute Gasteiger partial charge is 0.251 e. The number of hydrogen-bond acceptors (Lipinski definition) is 4.